The average Bonchev–Trinajstić information content (AvgIpc) is 2.95. The molecule has 1 aromatic carbocycles. The molecule has 0 bridgehead atoms. The molecule has 2 rings (SSSR count). The number of rotatable bonds is 5. The number of nitrogens with zero attached hydrogens (tertiary/aromatic N) is 3. The van der Waals surface area contributed by atoms with E-state index in [1.165, 1.54) is 10.7 Å². The van der Waals surface area contributed by atoms with Crippen molar-refractivity contribution in [3.05, 3.63) is 57.8 Å². The standard InChI is InChI=1S/C13H15N5O3/c1-9(13(19)15-14)11-4-2-10(3-5-11)8-17-7-6-12(16-17)18(20)21/h2-7,9H,8,14H2,1H3,(H,15,19). The Labute approximate surface area is 120 Å². The number of nitro groups is 1. The number of hydrazine groups is 1. The molecule has 8 nitrogen and oxygen atoms in total. The Morgan fingerprint density at radius 3 is 2.62 bits per heavy atom. The van der Waals surface area contributed by atoms with E-state index in [1.807, 2.05) is 24.3 Å². The van der Waals surface area contributed by atoms with Gasteiger partial charge in [0.15, 0.2) is 0 Å². The van der Waals surface area contributed by atoms with Crippen molar-refractivity contribution in [2.75, 3.05) is 0 Å². The van der Waals surface area contributed by atoms with E-state index < -0.39 is 4.92 Å². The highest BCUT2D eigenvalue weighted by atomic mass is 16.6. The maximum atomic E-state index is 11.4. The van der Waals surface area contributed by atoms with Gasteiger partial charge < -0.3 is 10.1 Å². The zero-order valence-electron chi connectivity index (χ0n) is 11.4. The first-order valence-corrected chi connectivity index (χ1v) is 6.28. The molecular formula is C13H15N5O3. The van der Waals surface area contributed by atoms with Gasteiger partial charge in [0.05, 0.1) is 29.8 Å². The Morgan fingerprint density at radius 1 is 1.43 bits per heavy atom. The summed E-state index contributed by atoms with van der Waals surface area (Å²) >= 11 is 0. The minimum absolute atomic E-state index is 0.181. The molecule has 0 spiro atoms. The first kappa shape index (κ1) is 14.7. The Hall–Kier alpha value is -2.74. The van der Waals surface area contributed by atoms with Crippen LogP contribution in [0.15, 0.2) is 36.5 Å². The molecule has 1 unspecified atom stereocenters. The molecule has 1 amide bonds. The Bertz CT molecular complexity index is 650. The number of hydrogen-bond donors (Lipinski definition) is 2. The van der Waals surface area contributed by atoms with Gasteiger partial charge in [-0.05, 0) is 23.0 Å². The second-order valence-corrected chi connectivity index (χ2v) is 4.60. The molecule has 0 aliphatic heterocycles. The molecule has 1 atom stereocenters. The van der Waals surface area contributed by atoms with Gasteiger partial charge in [-0.25, -0.2) is 5.84 Å². The maximum absolute atomic E-state index is 11.4. The average molecular weight is 289 g/mol. The second kappa shape index (κ2) is 6.14. The fourth-order valence-electron chi connectivity index (χ4n) is 1.91. The van der Waals surface area contributed by atoms with E-state index in [0.717, 1.165) is 11.1 Å². The van der Waals surface area contributed by atoms with E-state index in [9.17, 15) is 14.9 Å². The molecule has 0 saturated carbocycles. The van der Waals surface area contributed by atoms with Crippen molar-refractivity contribution in [3.8, 4) is 0 Å². The van der Waals surface area contributed by atoms with Gasteiger partial charge in [0.25, 0.3) is 0 Å². The molecule has 0 fully saturated rings. The Kier molecular flexibility index (Phi) is 4.29. The van der Waals surface area contributed by atoms with Crippen molar-refractivity contribution in [3.63, 3.8) is 0 Å². The number of nitrogens with one attached hydrogen (secondary N) is 1. The summed E-state index contributed by atoms with van der Waals surface area (Å²) < 4.78 is 1.49. The monoisotopic (exact) mass is 289 g/mol. The highest BCUT2D eigenvalue weighted by Crippen LogP contribution is 2.16. The predicted octanol–water partition coefficient (Wildman–Crippen LogP) is 0.933. The van der Waals surface area contributed by atoms with Crippen LogP contribution >= 0.6 is 0 Å². The fourth-order valence-corrected chi connectivity index (χ4v) is 1.91. The number of nitrogens with two attached hydrogens (primary N) is 1. The van der Waals surface area contributed by atoms with Crippen LogP contribution in [0.3, 0.4) is 0 Å². The minimum atomic E-state index is -0.535. The van der Waals surface area contributed by atoms with Gasteiger partial charge in [0.1, 0.15) is 0 Å². The van der Waals surface area contributed by atoms with Crippen LogP contribution in [-0.2, 0) is 11.3 Å². The lowest BCUT2D eigenvalue weighted by molar-refractivity contribution is -0.389. The molecule has 8 heteroatoms. The lowest BCUT2D eigenvalue weighted by Crippen LogP contribution is -2.33. The quantitative estimate of drug-likeness (QED) is 0.367. The lowest BCUT2D eigenvalue weighted by Gasteiger charge is -2.10. The molecule has 1 aromatic heterocycles. The van der Waals surface area contributed by atoms with Crippen molar-refractivity contribution in [2.24, 2.45) is 5.84 Å². The molecule has 3 N–H and O–H groups in total. The summed E-state index contributed by atoms with van der Waals surface area (Å²) in [5, 5.41) is 14.4. The van der Waals surface area contributed by atoms with Gasteiger partial charge in [-0.1, -0.05) is 24.3 Å². The SMILES string of the molecule is CC(C(=O)NN)c1ccc(Cn2ccc([N+](=O)[O-])n2)cc1. The van der Waals surface area contributed by atoms with E-state index in [1.54, 1.807) is 13.1 Å². The fraction of sp³-hybridized carbons (Fsp3) is 0.231. The van der Waals surface area contributed by atoms with Gasteiger partial charge in [0, 0.05) is 0 Å². The molecule has 0 radical (unpaired) electrons. The molecule has 110 valence electrons. The Balaban J connectivity index is 2.08. The molecule has 2 aromatic rings. The number of hydrogen-bond acceptors (Lipinski definition) is 5. The van der Waals surface area contributed by atoms with Crippen LogP contribution in [0.1, 0.15) is 24.0 Å². The summed E-state index contributed by atoms with van der Waals surface area (Å²) in [4.78, 5) is 21.5. The second-order valence-electron chi connectivity index (χ2n) is 4.60. The zero-order chi connectivity index (χ0) is 15.4. The van der Waals surface area contributed by atoms with Gasteiger partial charge in [0.2, 0.25) is 5.91 Å². The van der Waals surface area contributed by atoms with E-state index in [0.29, 0.717) is 6.54 Å². The number of benzene rings is 1. The van der Waals surface area contributed by atoms with Crippen molar-refractivity contribution < 1.29 is 9.72 Å². The summed E-state index contributed by atoms with van der Waals surface area (Å²) in [6.07, 6.45) is 1.55. The molecule has 21 heavy (non-hydrogen) atoms. The van der Waals surface area contributed by atoms with E-state index in [4.69, 9.17) is 5.84 Å². The third-order valence-electron chi connectivity index (χ3n) is 3.17. The van der Waals surface area contributed by atoms with Crippen LogP contribution in [0.25, 0.3) is 0 Å². The van der Waals surface area contributed by atoms with Crippen molar-refractivity contribution in [2.45, 2.75) is 19.4 Å². The molecule has 0 aliphatic rings. The summed E-state index contributed by atoms with van der Waals surface area (Å²) in [5.41, 5.74) is 3.88. The van der Waals surface area contributed by atoms with E-state index in [2.05, 4.69) is 10.5 Å². The van der Waals surface area contributed by atoms with Crippen LogP contribution in [0, 0.1) is 10.1 Å². The van der Waals surface area contributed by atoms with Crippen molar-refractivity contribution in [1.29, 1.82) is 0 Å². The smallest absolute Gasteiger partial charge is 0.358 e. The number of aromatic nitrogens is 2. The largest absolute Gasteiger partial charge is 0.389 e. The molecule has 0 saturated heterocycles. The molecule has 1 heterocycles. The maximum Gasteiger partial charge on any atom is 0.389 e. The number of carbonyl (C=O) groups excluding carboxylic acids is 1. The summed E-state index contributed by atoms with van der Waals surface area (Å²) in [7, 11) is 0. The molecule has 0 aliphatic carbocycles. The van der Waals surface area contributed by atoms with Crippen molar-refractivity contribution in [1.82, 2.24) is 15.2 Å². The highest BCUT2D eigenvalue weighted by molar-refractivity contribution is 5.82. The number of carbonyl (C=O) groups is 1. The Morgan fingerprint density at radius 2 is 2.10 bits per heavy atom. The summed E-state index contributed by atoms with van der Waals surface area (Å²) in [6, 6.07) is 8.70. The normalized spacial score (nSPS) is 11.9. The van der Waals surface area contributed by atoms with Gasteiger partial charge in [-0.3, -0.25) is 10.2 Å². The van der Waals surface area contributed by atoms with Crippen LogP contribution < -0.4 is 11.3 Å². The third kappa shape index (κ3) is 3.42. The topological polar surface area (TPSA) is 116 Å². The minimum Gasteiger partial charge on any atom is -0.358 e. The first-order chi connectivity index (χ1) is 10.0. The van der Waals surface area contributed by atoms with Gasteiger partial charge in [-0.15, -0.1) is 0 Å². The van der Waals surface area contributed by atoms with Gasteiger partial charge in [-0.2, -0.15) is 4.68 Å². The zero-order valence-corrected chi connectivity index (χ0v) is 11.4. The summed E-state index contributed by atoms with van der Waals surface area (Å²) in [6.45, 7) is 2.18. The molecular weight excluding hydrogens is 274 g/mol. The highest BCUT2D eigenvalue weighted by Gasteiger charge is 2.14. The van der Waals surface area contributed by atoms with Crippen LogP contribution in [0.4, 0.5) is 5.82 Å². The van der Waals surface area contributed by atoms with Crippen LogP contribution in [-0.4, -0.2) is 20.6 Å². The first-order valence-electron chi connectivity index (χ1n) is 6.28. The van der Waals surface area contributed by atoms with E-state index >= 15 is 0 Å². The van der Waals surface area contributed by atoms with E-state index in [-0.39, 0.29) is 17.6 Å². The number of amides is 1. The van der Waals surface area contributed by atoms with Crippen LogP contribution in [0.5, 0.6) is 0 Å². The van der Waals surface area contributed by atoms with Crippen molar-refractivity contribution >= 4 is 11.7 Å². The summed E-state index contributed by atoms with van der Waals surface area (Å²) in [5.74, 6) is 4.33. The lowest BCUT2D eigenvalue weighted by atomic mass is 9.99. The van der Waals surface area contributed by atoms with Gasteiger partial charge >= 0.3 is 5.82 Å². The van der Waals surface area contributed by atoms with Crippen LogP contribution in [0.2, 0.25) is 0 Å². The predicted molar refractivity (Wildman–Crippen MR) is 75.2 cm³/mol. The third-order valence-corrected chi connectivity index (χ3v) is 3.17.